The number of carbonyl (C=O) groups excluding carboxylic acids is 1. The summed E-state index contributed by atoms with van der Waals surface area (Å²) in [5.41, 5.74) is 3.82. The van der Waals surface area contributed by atoms with E-state index in [2.05, 4.69) is 39.2 Å². The van der Waals surface area contributed by atoms with Gasteiger partial charge in [-0.25, -0.2) is 4.98 Å². The summed E-state index contributed by atoms with van der Waals surface area (Å²) in [6.07, 6.45) is 5.45. The lowest BCUT2D eigenvalue weighted by Crippen LogP contribution is -2.45. The molecule has 0 saturated carbocycles. The van der Waals surface area contributed by atoms with E-state index in [1.807, 2.05) is 47.2 Å². The highest BCUT2D eigenvalue weighted by Crippen LogP contribution is 2.15. The maximum Gasteiger partial charge on any atom is 0.255 e. The zero-order valence-corrected chi connectivity index (χ0v) is 17.5. The highest BCUT2D eigenvalue weighted by atomic mass is 16.1. The summed E-state index contributed by atoms with van der Waals surface area (Å²) in [7, 11) is 0. The summed E-state index contributed by atoms with van der Waals surface area (Å²) in [4.78, 5) is 21.7. The van der Waals surface area contributed by atoms with Gasteiger partial charge in [0.2, 0.25) is 0 Å². The van der Waals surface area contributed by atoms with Crippen LogP contribution in [0.4, 0.5) is 5.69 Å². The highest BCUT2D eigenvalue weighted by Gasteiger charge is 2.15. The maximum absolute atomic E-state index is 12.7. The van der Waals surface area contributed by atoms with Crippen molar-refractivity contribution in [1.29, 1.82) is 0 Å². The topological polar surface area (TPSA) is 53.4 Å². The first-order chi connectivity index (χ1) is 14.7. The normalized spacial score (nSPS) is 15.2. The summed E-state index contributed by atoms with van der Waals surface area (Å²) in [5.74, 6) is -0.0917. The van der Waals surface area contributed by atoms with Crippen LogP contribution in [0.15, 0.2) is 67.3 Å². The van der Waals surface area contributed by atoms with Gasteiger partial charge in [-0.1, -0.05) is 31.2 Å². The molecule has 2 aromatic carbocycles. The molecule has 1 aliphatic rings. The van der Waals surface area contributed by atoms with Gasteiger partial charge in [-0.3, -0.25) is 9.69 Å². The van der Waals surface area contributed by atoms with E-state index in [4.69, 9.17) is 0 Å². The van der Waals surface area contributed by atoms with Crippen LogP contribution >= 0.6 is 0 Å². The number of aromatic nitrogens is 2. The molecule has 1 saturated heterocycles. The quantitative estimate of drug-likeness (QED) is 0.658. The first kappa shape index (κ1) is 20.3. The standard InChI is InChI=1S/C24H29N5O/c1-2-27-12-14-28(15-13-27)17-20-6-8-23(9-7-20)26-24(30)22-5-3-4-21(16-22)18-29-11-10-25-19-29/h3-11,16,19H,2,12-15,17-18H2,1H3,(H,26,30). The van der Waals surface area contributed by atoms with Gasteiger partial charge in [0, 0.05) is 62.9 Å². The van der Waals surface area contributed by atoms with E-state index < -0.39 is 0 Å². The van der Waals surface area contributed by atoms with Gasteiger partial charge in [0.15, 0.2) is 0 Å². The van der Waals surface area contributed by atoms with Crippen molar-refractivity contribution in [2.75, 3.05) is 38.0 Å². The second-order valence-corrected chi connectivity index (χ2v) is 7.80. The Balaban J connectivity index is 1.32. The summed E-state index contributed by atoms with van der Waals surface area (Å²) in [5, 5.41) is 3.01. The van der Waals surface area contributed by atoms with Crippen molar-refractivity contribution in [2.45, 2.75) is 20.0 Å². The number of anilines is 1. The number of rotatable bonds is 7. The van der Waals surface area contributed by atoms with Gasteiger partial charge >= 0.3 is 0 Å². The smallest absolute Gasteiger partial charge is 0.255 e. The number of nitrogens with one attached hydrogen (secondary N) is 1. The molecule has 2 heterocycles. The van der Waals surface area contributed by atoms with Crippen molar-refractivity contribution < 1.29 is 4.79 Å². The Morgan fingerprint density at radius 1 is 0.967 bits per heavy atom. The van der Waals surface area contributed by atoms with Gasteiger partial charge in [-0.2, -0.15) is 0 Å². The van der Waals surface area contributed by atoms with E-state index in [0.29, 0.717) is 12.1 Å². The SMILES string of the molecule is CCN1CCN(Cc2ccc(NC(=O)c3cccc(Cn4ccnc4)c3)cc2)CC1. The van der Waals surface area contributed by atoms with Crippen LogP contribution in [0.1, 0.15) is 28.4 Å². The number of benzene rings is 2. The van der Waals surface area contributed by atoms with Crippen molar-refractivity contribution in [3.63, 3.8) is 0 Å². The fraction of sp³-hybridized carbons (Fsp3) is 0.333. The van der Waals surface area contributed by atoms with Gasteiger partial charge in [-0.15, -0.1) is 0 Å². The molecule has 30 heavy (non-hydrogen) atoms. The summed E-state index contributed by atoms with van der Waals surface area (Å²) in [6.45, 7) is 9.52. The number of piperazine rings is 1. The predicted molar refractivity (Wildman–Crippen MR) is 120 cm³/mol. The average Bonchev–Trinajstić information content (AvgIpc) is 3.29. The molecule has 1 aliphatic heterocycles. The van der Waals surface area contributed by atoms with E-state index in [1.54, 1.807) is 12.5 Å². The monoisotopic (exact) mass is 403 g/mol. The van der Waals surface area contributed by atoms with Crippen LogP contribution in [0.3, 0.4) is 0 Å². The van der Waals surface area contributed by atoms with Gasteiger partial charge < -0.3 is 14.8 Å². The predicted octanol–water partition coefficient (Wildman–Crippen LogP) is 3.32. The molecular weight excluding hydrogens is 374 g/mol. The largest absolute Gasteiger partial charge is 0.333 e. The summed E-state index contributed by atoms with van der Waals surface area (Å²) < 4.78 is 1.98. The van der Waals surface area contributed by atoms with Crippen LogP contribution in [-0.4, -0.2) is 58.0 Å². The van der Waals surface area contributed by atoms with Crippen LogP contribution in [0.2, 0.25) is 0 Å². The molecule has 6 heteroatoms. The molecule has 4 rings (SSSR count). The van der Waals surface area contributed by atoms with Gasteiger partial charge in [0.25, 0.3) is 5.91 Å². The van der Waals surface area contributed by atoms with Crippen molar-refractivity contribution in [1.82, 2.24) is 19.4 Å². The third-order valence-corrected chi connectivity index (χ3v) is 5.64. The zero-order chi connectivity index (χ0) is 20.8. The van der Waals surface area contributed by atoms with Crippen molar-refractivity contribution in [3.05, 3.63) is 83.9 Å². The van der Waals surface area contributed by atoms with Crippen LogP contribution in [0.5, 0.6) is 0 Å². The highest BCUT2D eigenvalue weighted by molar-refractivity contribution is 6.04. The third kappa shape index (κ3) is 5.34. The van der Waals surface area contributed by atoms with Crippen molar-refractivity contribution in [2.24, 2.45) is 0 Å². The molecule has 0 bridgehead atoms. The number of nitrogens with zero attached hydrogens (tertiary/aromatic N) is 4. The van der Waals surface area contributed by atoms with E-state index in [9.17, 15) is 4.79 Å². The maximum atomic E-state index is 12.7. The number of imidazole rings is 1. The van der Waals surface area contributed by atoms with Crippen LogP contribution < -0.4 is 5.32 Å². The number of carbonyl (C=O) groups is 1. The molecule has 0 unspecified atom stereocenters. The Labute approximate surface area is 178 Å². The zero-order valence-electron chi connectivity index (χ0n) is 17.5. The van der Waals surface area contributed by atoms with Gasteiger partial charge in [-0.05, 0) is 41.9 Å². The first-order valence-corrected chi connectivity index (χ1v) is 10.6. The van der Waals surface area contributed by atoms with Gasteiger partial charge in [0.1, 0.15) is 0 Å². The van der Waals surface area contributed by atoms with Crippen molar-refractivity contribution >= 4 is 11.6 Å². The molecule has 156 valence electrons. The lowest BCUT2D eigenvalue weighted by atomic mass is 10.1. The molecule has 1 fully saturated rings. The second kappa shape index (κ2) is 9.69. The molecule has 6 nitrogen and oxygen atoms in total. The summed E-state index contributed by atoms with van der Waals surface area (Å²) >= 11 is 0. The number of hydrogen-bond acceptors (Lipinski definition) is 4. The molecule has 0 radical (unpaired) electrons. The number of likely N-dealkylation sites (N-methyl/N-ethyl adjacent to an activating group) is 1. The van der Waals surface area contributed by atoms with Crippen LogP contribution in [0, 0.1) is 0 Å². The molecule has 1 N–H and O–H groups in total. The fourth-order valence-corrected chi connectivity index (χ4v) is 3.82. The van der Waals surface area contributed by atoms with Crippen LogP contribution in [0.25, 0.3) is 0 Å². The Kier molecular flexibility index (Phi) is 6.57. The lowest BCUT2D eigenvalue weighted by Gasteiger charge is -2.34. The molecule has 1 amide bonds. The Bertz CT molecular complexity index is 944. The lowest BCUT2D eigenvalue weighted by molar-refractivity contribution is 0.102. The minimum atomic E-state index is -0.0917. The fourth-order valence-electron chi connectivity index (χ4n) is 3.82. The van der Waals surface area contributed by atoms with Crippen molar-refractivity contribution in [3.8, 4) is 0 Å². The Hall–Kier alpha value is -2.96. The molecular formula is C24H29N5O. The second-order valence-electron chi connectivity index (χ2n) is 7.80. The summed E-state index contributed by atoms with van der Waals surface area (Å²) in [6, 6.07) is 15.9. The minimum absolute atomic E-state index is 0.0917. The van der Waals surface area contributed by atoms with E-state index in [-0.39, 0.29) is 5.91 Å². The minimum Gasteiger partial charge on any atom is -0.333 e. The molecule has 0 aliphatic carbocycles. The molecule has 0 spiro atoms. The van der Waals surface area contributed by atoms with E-state index >= 15 is 0 Å². The average molecular weight is 404 g/mol. The van der Waals surface area contributed by atoms with Gasteiger partial charge in [0.05, 0.1) is 6.33 Å². The molecule has 3 aromatic rings. The Morgan fingerprint density at radius 3 is 2.43 bits per heavy atom. The Morgan fingerprint density at radius 2 is 1.73 bits per heavy atom. The molecule has 0 atom stereocenters. The third-order valence-electron chi connectivity index (χ3n) is 5.64. The number of hydrogen-bond donors (Lipinski definition) is 1. The van der Waals surface area contributed by atoms with E-state index in [1.165, 1.54) is 5.56 Å². The van der Waals surface area contributed by atoms with Crippen LogP contribution in [-0.2, 0) is 13.1 Å². The van der Waals surface area contributed by atoms with E-state index in [0.717, 1.165) is 50.5 Å². The number of amides is 1. The first-order valence-electron chi connectivity index (χ1n) is 10.6. The molecule has 1 aromatic heterocycles.